The molecular weight excluding hydrogens is 356 g/mol. The van der Waals surface area contributed by atoms with E-state index < -0.39 is 0 Å². The zero-order valence-electron chi connectivity index (χ0n) is 15.4. The van der Waals surface area contributed by atoms with E-state index in [0.717, 1.165) is 59.5 Å². The summed E-state index contributed by atoms with van der Waals surface area (Å²) in [6.45, 7) is 4.10. The van der Waals surface area contributed by atoms with Gasteiger partial charge in [0.15, 0.2) is 0 Å². The van der Waals surface area contributed by atoms with Crippen molar-refractivity contribution in [2.75, 3.05) is 18.4 Å². The number of benzene rings is 2. The summed E-state index contributed by atoms with van der Waals surface area (Å²) in [7, 11) is 0. The standard InChI is InChI=1S/C22H23ClN4/c1-15-4-6-16(7-5-15)20-13-21(25-19-10-8-18(23)9-11-19)27-22(26-20)17-3-2-12-24-14-17/h4-11,13,17,24H,2-3,12,14H2,1H3,(H,25,26,27). The molecule has 1 aromatic heterocycles. The van der Waals surface area contributed by atoms with Gasteiger partial charge in [-0.1, -0.05) is 41.4 Å². The molecule has 1 aliphatic rings. The van der Waals surface area contributed by atoms with E-state index in [1.165, 1.54) is 5.56 Å². The van der Waals surface area contributed by atoms with Crippen molar-refractivity contribution in [2.45, 2.75) is 25.7 Å². The van der Waals surface area contributed by atoms with E-state index >= 15 is 0 Å². The molecule has 138 valence electrons. The number of hydrogen-bond donors (Lipinski definition) is 2. The first-order chi connectivity index (χ1) is 13.2. The Kier molecular flexibility index (Phi) is 5.37. The van der Waals surface area contributed by atoms with Gasteiger partial charge in [-0.2, -0.15) is 0 Å². The van der Waals surface area contributed by atoms with Crippen LogP contribution in [-0.4, -0.2) is 23.1 Å². The third-order valence-corrected chi connectivity index (χ3v) is 5.12. The molecule has 1 saturated heterocycles. The van der Waals surface area contributed by atoms with E-state index in [2.05, 4.69) is 41.8 Å². The highest BCUT2D eigenvalue weighted by atomic mass is 35.5. The quantitative estimate of drug-likeness (QED) is 0.645. The highest BCUT2D eigenvalue weighted by molar-refractivity contribution is 6.30. The Morgan fingerprint density at radius 1 is 1.04 bits per heavy atom. The average Bonchev–Trinajstić information content (AvgIpc) is 2.71. The van der Waals surface area contributed by atoms with Crippen LogP contribution in [0.1, 0.15) is 30.1 Å². The third kappa shape index (κ3) is 4.46. The zero-order valence-corrected chi connectivity index (χ0v) is 16.1. The van der Waals surface area contributed by atoms with Gasteiger partial charge in [0.2, 0.25) is 0 Å². The Morgan fingerprint density at radius 2 is 1.81 bits per heavy atom. The first-order valence-electron chi connectivity index (χ1n) is 9.37. The van der Waals surface area contributed by atoms with Gasteiger partial charge in [0.1, 0.15) is 11.6 Å². The van der Waals surface area contributed by atoms with Gasteiger partial charge in [-0.3, -0.25) is 0 Å². The molecule has 0 aliphatic carbocycles. The molecule has 0 radical (unpaired) electrons. The molecule has 1 fully saturated rings. The van der Waals surface area contributed by atoms with Gasteiger partial charge < -0.3 is 10.6 Å². The van der Waals surface area contributed by atoms with Crippen molar-refractivity contribution in [3.8, 4) is 11.3 Å². The fourth-order valence-electron chi connectivity index (χ4n) is 3.34. The lowest BCUT2D eigenvalue weighted by atomic mass is 9.98. The van der Waals surface area contributed by atoms with E-state index in [1.54, 1.807) is 0 Å². The van der Waals surface area contributed by atoms with E-state index in [9.17, 15) is 0 Å². The van der Waals surface area contributed by atoms with E-state index in [-0.39, 0.29) is 0 Å². The minimum Gasteiger partial charge on any atom is -0.340 e. The monoisotopic (exact) mass is 378 g/mol. The van der Waals surface area contributed by atoms with Crippen molar-refractivity contribution in [3.63, 3.8) is 0 Å². The van der Waals surface area contributed by atoms with Gasteiger partial charge in [0.05, 0.1) is 5.69 Å². The first kappa shape index (κ1) is 18.0. The predicted molar refractivity (Wildman–Crippen MR) is 112 cm³/mol. The Balaban J connectivity index is 1.71. The van der Waals surface area contributed by atoms with Crippen LogP contribution in [-0.2, 0) is 0 Å². The van der Waals surface area contributed by atoms with E-state index in [4.69, 9.17) is 21.6 Å². The number of aromatic nitrogens is 2. The summed E-state index contributed by atoms with van der Waals surface area (Å²) in [5, 5.41) is 7.58. The van der Waals surface area contributed by atoms with Gasteiger partial charge in [0, 0.05) is 34.8 Å². The van der Waals surface area contributed by atoms with Gasteiger partial charge in [-0.15, -0.1) is 0 Å². The molecule has 27 heavy (non-hydrogen) atoms. The summed E-state index contributed by atoms with van der Waals surface area (Å²) >= 11 is 6.00. The number of rotatable bonds is 4. The Hall–Kier alpha value is -2.43. The molecule has 0 saturated carbocycles. The summed E-state index contributed by atoms with van der Waals surface area (Å²) in [5.74, 6) is 2.05. The molecule has 0 bridgehead atoms. The highest BCUT2D eigenvalue weighted by Gasteiger charge is 2.19. The van der Waals surface area contributed by atoms with Crippen LogP contribution >= 0.6 is 11.6 Å². The molecule has 1 unspecified atom stereocenters. The summed E-state index contributed by atoms with van der Waals surface area (Å²) < 4.78 is 0. The maximum atomic E-state index is 6.00. The Bertz CT molecular complexity index is 901. The number of halogens is 1. The summed E-state index contributed by atoms with van der Waals surface area (Å²) in [6, 6.07) is 18.1. The Labute approximate surface area is 165 Å². The molecule has 1 atom stereocenters. The van der Waals surface area contributed by atoms with Gasteiger partial charge >= 0.3 is 0 Å². The van der Waals surface area contributed by atoms with Gasteiger partial charge in [0.25, 0.3) is 0 Å². The molecule has 5 heteroatoms. The second-order valence-electron chi connectivity index (χ2n) is 7.04. The molecule has 2 N–H and O–H groups in total. The third-order valence-electron chi connectivity index (χ3n) is 4.87. The van der Waals surface area contributed by atoms with E-state index in [0.29, 0.717) is 5.92 Å². The lowest BCUT2D eigenvalue weighted by Crippen LogP contribution is -2.29. The number of aryl methyl sites for hydroxylation is 1. The van der Waals surface area contributed by atoms with Crippen molar-refractivity contribution in [3.05, 3.63) is 71.0 Å². The second-order valence-corrected chi connectivity index (χ2v) is 7.47. The number of anilines is 2. The molecule has 3 aromatic rings. The van der Waals surface area contributed by atoms with Crippen molar-refractivity contribution >= 4 is 23.1 Å². The second kappa shape index (κ2) is 8.07. The van der Waals surface area contributed by atoms with Crippen molar-refractivity contribution < 1.29 is 0 Å². The molecule has 0 amide bonds. The molecule has 4 nitrogen and oxygen atoms in total. The largest absolute Gasteiger partial charge is 0.340 e. The van der Waals surface area contributed by atoms with Crippen molar-refractivity contribution in [1.82, 2.24) is 15.3 Å². The number of nitrogens with zero attached hydrogens (tertiary/aromatic N) is 2. The maximum Gasteiger partial charge on any atom is 0.135 e. The molecule has 2 heterocycles. The van der Waals surface area contributed by atoms with Crippen LogP contribution in [0.3, 0.4) is 0 Å². The van der Waals surface area contributed by atoms with Crippen LogP contribution in [0.5, 0.6) is 0 Å². The van der Waals surface area contributed by atoms with Crippen LogP contribution in [0.15, 0.2) is 54.6 Å². The van der Waals surface area contributed by atoms with Crippen molar-refractivity contribution in [1.29, 1.82) is 0 Å². The molecule has 1 aliphatic heterocycles. The SMILES string of the molecule is Cc1ccc(-c2cc(Nc3ccc(Cl)cc3)nc(C3CCCNC3)n2)cc1. The van der Waals surface area contributed by atoms with Crippen LogP contribution in [0, 0.1) is 6.92 Å². The molecular formula is C22H23ClN4. The fraction of sp³-hybridized carbons (Fsp3) is 0.273. The van der Waals surface area contributed by atoms with Crippen molar-refractivity contribution in [2.24, 2.45) is 0 Å². The maximum absolute atomic E-state index is 6.00. The van der Waals surface area contributed by atoms with E-state index in [1.807, 2.05) is 30.3 Å². The molecule has 2 aromatic carbocycles. The average molecular weight is 379 g/mol. The normalized spacial score (nSPS) is 16.9. The van der Waals surface area contributed by atoms with Crippen LogP contribution in [0.4, 0.5) is 11.5 Å². The number of hydrogen-bond acceptors (Lipinski definition) is 4. The lowest BCUT2D eigenvalue weighted by Gasteiger charge is -2.22. The fourth-order valence-corrected chi connectivity index (χ4v) is 3.46. The summed E-state index contributed by atoms with van der Waals surface area (Å²) in [6.07, 6.45) is 2.27. The minimum absolute atomic E-state index is 0.343. The minimum atomic E-state index is 0.343. The smallest absolute Gasteiger partial charge is 0.135 e. The molecule has 0 spiro atoms. The van der Waals surface area contributed by atoms with Gasteiger partial charge in [-0.25, -0.2) is 9.97 Å². The first-order valence-corrected chi connectivity index (χ1v) is 9.74. The topological polar surface area (TPSA) is 49.8 Å². The van der Waals surface area contributed by atoms with Crippen LogP contribution in [0.25, 0.3) is 11.3 Å². The molecule has 4 rings (SSSR count). The highest BCUT2D eigenvalue weighted by Crippen LogP contribution is 2.27. The van der Waals surface area contributed by atoms with Gasteiger partial charge in [-0.05, 0) is 50.6 Å². The summed E-state index contributed by atoms with van der Waals surface area (Å²) in [4.78, 5) is 9.72. The predicted octanol–water partition coefficient (Wildman–Crippen LogP) is 5.32. The number of nitrogens with one attached hydrogen (secondary N) is 2. The summed E-state index contributed by atoms with van der Waals surface area (Å²) in [5.41, 5.74) is 4.25. The zero-order chi connectivity index (χ0) is 18.6. The lowest BCUT2D eigenvalue weighted by molar-refractivity contribution is 0.447. The van der Waals surface area contributed by atoms with Crippen LogP contribution < -0.4 is 10.6 Å². The Morgan fingerprint density at radius 3 is 2.52 bits per heavy atom. The van der Waals surface area contributed by atoms with Crippen LogP contribution in [0.2, 0.25) is 5.02 Å². The number of piperidine rings is 1.